The molecule has 1 atom stereocenters. The second-order valence-corrected chi connectivity index (χ2v) is 10.2. The molecule has 8 heteroatoms. The summed E-state index contributed by atoms with van der Waals surface area (Å²) >= 11 is 1.14. The number of thiophene rings is 1. The van der Waals surface area contributed by atoms with Crippen LogP contribution in [0.1, 0.15) is 55.5 Å². The number of rotatable bonds is 11. The predicted octanol–water partition coefficient (Wildman–Crippen LogP) is 6.06. The van der Waals surface area contributed by atoms with Crippen molar-refractivity contribution in [3.05, 3.63) is 58.8 Å². The first-order valence-electron chi connectivity index (χ1n) is 9.74. The van der Waals surface area contributed by atoms with Gasteiger partial charge in [-0.25, -0.2) is 13.1 Å². The van der Waals surface area contributed by atoms with Crippen LogP contribution in [0.5, 0.6) is 0 Å². The van der Waals surface area contributed by atoms with Crippen molar-refractivity contribution in [2.45, 2.75) is 56.3 Å². The molecule has 1 aromatic carbocycles. The van der Waals surface area contributed by atoms with Crippen molar-refractivity contribution in [1.29, 1.82) is 0 Å². The maximum Gasteiger partial charge on any atom is 0.416 e. The molecule has 0 aliphatic heterocycles. The second kappa shape index (κ2) is 10.6. The Hall–Kier alpha value is -1.38. The molecule has 161 valence electrons. The van der Waals surface area contributed by atoms with Gasteiger partial charge in [-0.05, 0) is 48.9 Å². The minimum atomic E-state index is -4.38. The average Bonchev–Trinajstić information content (AvgIpc) is 3.16. The molecule has 0 saturated heterocycles. The molecule has 2 aromatic rings. The summed E-state index contributed by atoms with van der Waals surface area (Å²) in [6, 6.07) is 8.35. The van der Waals surface area contributed by atoms with Crippen LogP contribution < -0.4 is 4.72 Å². The maximum atomic E-state index is 12.8. The third kappa shape index (κ3) is 7.42. The van der Waals surface area contributed by atoms with Crippen LogP contribution in [0.15, 0.2) is 40.6 Å². The van der Waals surface area contributed by atoms with E-state index in [1.165, 1.54) is 6.07 Å². The fourth-order valence-corrected chi connectivity index (χ4v) is 5.39. The first-order valence-corrected chi connectivity index (χ1v) is 12.0. The molecular weight excluding hydrogens is 419 g/mol. The Morgan fingerprint density at radius 1 is 1.17 bits per heavy atom. The maximum absolute atomic E-state index is 12.8. The Bertz CT molecular complexity index is 876. The molecule has 0 spiro atoms. The van der Waals surface area contributed by atoms with E-state index < -0.39 is 21.8 Å². The molecule has 0 saturated carbocycles. The average molecular weight is 447 g/mol. The lowest BCUT2D eigenvalue weighted by Gasteiger charge is -2.14. The van der Waals surface area contributed by atoms with E-state index in [0.717, 1.165) is 54.0 Å². The van der Waals surface area contributed by atoms with Gasteiger partial charge in [0.2, 0.25) is 10.0 Å². The van der Waals surface area contributed by atoms with Crippen LogP contribution in [-0.4, -0.2) is 15.0 Å². The molecule has 0 amide bonds. The standard InChI is InChI=1S/C21H27F3NO2S2/c1-3-5-7-16(4-2)15-25-29(26,27)20-13-12-19(28-20)11-10-17-8-6-9-18(14-17)21(22,23)24/h6,8-10,12-14,16,25H,3-5,7,11,15H2,1-2H3. The van der Waals surface area contributed by atoms with Crippen LogP contribution >= 0.6 is 11.3 Å². The molecule has 3 nitrogen and oxygen atoms in total. The topological polar surface area (TPSA) is 46.2 Å². The van der Waals surface area contributed by atoms with E-state index >= 15 is 0 Å². The van der Waals surface area contributed by atoms with Crippen LogP contribution in [0, 0.1) is 12.3 Å². The summed E-state index contributed by atoms with van der Waals surface area (Å²) < 4.78 is 66.4. The van der Waals surface area contributed by atoms with Crippen molar-refractivity contribution in [2.75, 3.05) is 6.54 Å². The molecule has 1 N–H and O–H groups in total. The van der Waals surface area contributed by atoms with Crippen molar-refractivity contribution >= 4 is 21.4 Å². The Kier molecular flexibility index (Phi) is 8.73. The molecule has 1 heterocycles. The minimum Gasteiger partial charge on any atom is -0.210 e. The van der Waals surface area contributed by atoms with Gasteiger partial charge in [-0.15, -0.1) is 11.3 Å². The predicted molar refractivity (Wildman–Crippen MR) is 111 cm³/mol. The third-order valence-electron chi connectivity index (χ3n) is 4.76. The summed E-state index contributed by atoms with van der Waals surface area (Å²) in [7, 11) is -3.57. The van der Waals surface area contributed by atoms with E-state index in [4.69, 9.17) is 0 Å². The lowest BCUT2D eigenvalue weighted by atomic mass is 10.00. The van der Waals surface area contributed by atoms with E-state index in [1.807, 2.05) is 0 Å². The first-order chi connectivity index (χ1) is 13.7. The van der Waals surface area contributed by atoms with Gasteiger partial charge < -0.3 is 0 Å². The molecule has 2 rings (SSSR count). The SMILES string of the molecule is CCCCC(CC)CNS(=O)(=O)c1ccc(C[CH]c2cccc(C(F)(F)F)c2)s1. The van der Waals surface area contributed by atoms with Crippen LogP contribution in [0.3, 0.4) is 0 Å². The summed E-state index contributed by atoms with van der Waals surface area (Å²) in [6.07, 6.45) is 1.74. The van der Waals surface area contributed by atoms with E-state index in [1.54, 1.807) is 24.6 Å². The molecule has 1 unspecified atom stereocenters. The van der Waals surface area contributed by atoms with Gasteiger partial charge in [0.25, 0.3) is 0 Å². The monoisotopic (exact) mass is 446 g/mol. The van der Waals surface area contributed by atoms with Crippen molar-refractivity contribution < 1.29 is 21.6 Å². The molecule has 0 bridgehead atoms. The summed E-state index contributed by atoms with van der Waals surface area (Å²) in [6.45, 7) is 4.59. The third-order valence-corrected chi connectivity index (χ3v) is 7.78. The molecule has 1 aromatic heterocycles. The number of unbranched alkanes of at least 4 members (excludes halogenated alkanes) is 1. The van der Waals surface area contributed by atoms with Crippen LogP contribution in [0.25, 0.3) is 0 Å². The van der Waals surface area contributed by atoms with E-state index in [2.05, 4.69) is 18.6 Å². The summed E-state index contributed by atoms with van der Waals surface area (Å²) in [5.74, 6) is 0.318. The number of hydrogen-bond acceptors (Lipinski definition) is 3. The second-order valence-electron chi connectivity index (χ2n) is 7.02. The Morgan fingerprint density at radius 3 is 2.59 bits per heavy atom. The zero-order valence-electron chi connectivity index (χ0n) is 16.6. The number of benzene rings is 1. The van der Waals surface area contributed by atoms with Crippen LogP contribution in [0.4, 0.5) is 13.2 Å². The van der Waals surface area contributed by atoms with E-state index in [-0.39, 0.29) is 4.21 Å². The lowest BCUT2D eigenvalue weighted by Crippen LogP contribution is -2.28. The molecular formula is C21H27F3NO2S2. The Balaban J connectivity index is 1.96. The first kappa shape index (κ1) is 23.9. The van der Waals surface area contributed by atoms with Gasteiger partial charge in [0.15, 0.2) is 0 Å². The number of hydrogen-bond donors (Lipinski definition) is 1. The summed E-state index contributed by atoms with van der Waals surface area (Å²) in [5, 5.41) is 0. The molecule has 0 fully saturated rings. The summed E-state index contributed by atoms with van der Waals surface area (Å²) in [4.78, 5) is 0.779. The van der Waals surface area contributed by atoms with Crippen molar-refractivity contribution in [1.82, 2.24) is 4.72 Å². The Morgan fingerprint density at radius 2 is 1.93 bits per heavy atom. The van der Waals surface area contributed by atoms with Crippen molar-refractivity contribution in [2.24, 2.45) is 5.92 Å². The Labute approximate surface area is 175 Å². The van der Waals surface area contributed by atoms with Gasteiger partial charge in [0.1, 0.15) is 4.21 Å². The van der Waals surface area contributed by atoms with Gasteiger partial charge in [-0.3, -0.25) is 0 Å². The highest BCUT2D eigenvalue weighted by Crippen LogP contribution is 2.30. The fourth-order valence-electron chi connectivity index (χ4n) is 2.91. The van der Waals surface area contributed by atoms with Crippen LogP contribution in [0.2, 0.25) is 0 Å². The van der Waals surface area contributed by atoms with Gasteiger partial charge in [-0.1, -0.05) is 51.3 Å². The number of alkyl halides is 3. The normalized spacial score (nSPS) is 13.6. The molecule has 0 aliphatic rings. The lowest BCUT2D eigenvalue weighted by molar-refractivity contribution is -0.137. The number of sulfonamides is 1. The fraction of sp³-hybridized carbons (Fsp3) is 0.476. The van der Waals surface area contributed by atoms with E-state index in [9.17, 15) is 21.6 Å². The highest BCUT2D eigenvalue weighted by molar-refractivity contribution is 7.91. The quantitative estimate of drug-likeness (QED) is 0.456. The van der Waals surface area contributed by atoms with Crippen LogP contribution in [-0.2, 0) is 22.6 Å². The highest BCUT2D eigenvalue weighted by atomic mass is 32.2. The number of nitrogens with one attached hydrogen (secondary N) is 1. The molecule has 1 radical (unpaired) electrons. The summed E-state index contributed by atoms with van der Waals surface area (Å²) in [5.41, 5.74) is -0.240. The van der Waals surface area contributed by atoms with Crippen molar-refractivity contribution in [3.8, 4) is 0 Å². The van der Waals surface area contributed by atoms with Gasteiger partial charge in [0, 0.05) is 11.4 Å². The molecule has 0 aliphatic carbocycles. The van der Waals surface area contributed by atoms with Gasteiger partial charge in [0.05, 0.1) is 5.56 Å². The van der Waals surface area contributed by atoms with E-state index in [0.29, 0.717) is 24.4 Å². The highest BCUT2D eigenvalue weighted by Gasteiger charge is 2.30. The largest absolute Gasteiger partial charge is 0.416 e. The zero-order chi connectivity index (χ0) is 21.5. The smallest absolute Gasteiger partial charge is 0.210 e. The minimum absolute atomic E-state index is 0.232. The zero-order valence-corrected chi connectivity index (χ0v) is 18.3. The van der Waals surface area contributed by atoms with Gasteiger partial charge >= 0.3 is 6.18 Å². The molecule has 29 heavy (non-hydrogen) atoms. The van der Waals surface area contributed by atoms with Crippen molar-refractivity contribution in [3.63, 3.8) is 0 Å². The van der Waals surface area contributed by atoms with Gasteiger partial charge in [-0.2, -0.15) is 13.2 Å². The number of halogens is 3.